The summed E-state index contributed by atoms with van der Waals surface area (Å²) in [5.74, 6) is -0.152. The fourth-order valence-corrected chi connectivity index (χ4v) is 1.71. The molecule has 1 unspecified atom stereocenters. The molecule has 1 N–H and O–H groups in total. The maximum atomic E-state index is 11.0. The molecule has 0 aromatic heterocycles. The number of hydrogen-bond acceptors (Lipinski definition) is 3. The number of carbonyl (C=O) groups excluding carboxylic acids is 1. The predicted octanol–water partition coefficient (Wildman–Crippen LogP) is 1.47. The molecule has 1 aromatic carbocycles. The lowest BCUT2D eigenvalue weighted by Gasteiger charge is -2.00. The lowest BCUT2D eigenvalue weighted by Crippen LogP contribution is -1.99. The summed E-state index contributed by atoms with van der Waals surface area (Å²) in [6.45, 7) is 1.39. The van der Waals surface area contributed by atoms with Gasteiger partial charge in [-0.2, -0.15) is 0 Å². The molecule has 0 bridgehead atoms. The van der Waals surface area contributed by atoms with Crippen molar-refractivity contribution in [3.8, 4) is 0 Å². The van der Waals surface area contributed by atoms with Crippen LogP contribution in [-0.2, 0) is 20.0 Å². The average molecular weight is 216 g/mol. The van der Waals surface area contributed by atoms with E-state index >= 15 is 0 Å². The summed E-state index contributed by atoms with van der Waals surface area (Å²) in [6, 6.07) is 5.89. The maximum absolute atomic E-state index is 11.0. The average Bonchev–Trinajstić information content (AvgIpc) is 2.03. The van der Waals surface area contributed by atoms with E-state index in [0.29, 0.717) is 5.56 Å². The van der Waals surface area contributed by atoms with Gasteiger partial charge in [0.1, 0.15) is 0 Å². The Balaban J connectivity index is 3.29. The van der Waals surface area contributed by atoms with E-state index < -0.39 is 8.77 Å². The van der Waals surface area contributed by atoms with E-state index in [1.807, 2.05) is 0 Å². The molecule has 70 valence electrons. The molecular formula is C8H8O3S2. The highest BCUT2D eigenvalue weighted by Gasteiger charge is 2.07. The van der Waals surface area contributed by atoms with Gasteiger partial charge in [0, 0.05) is 16.8 Å². The Labute approximate surface area is 81.3 Å². The lowest BCUT2D eigenvalue weighted by molar-refractivity contribution is 0.101. The number of rotatable bonds is 2. The van der Waals surface area contributed by atoms with Gasteiger partial charge in [-0.25, -0.2) is 4.21 Å². The summed E-state index contributed by atoms with van der Waals surface area (Å²) in [5.41, 5.74) is 0.393. The van der Waals surface area contributed by atoms with Crippen LogP contribution in [0.5, 0.6) is 0 Å². The molecule has 3 nitrogen and oxygen atoms in total. The molecule has 0 saturated heterocycles. The third-order valence-corrected chi connectivity index (χ3v) is 2.97. The first kappa shape index (κ1) is 10.3. The van der Waals surface area contributed by atoms with Crippen molar-refractivity contribution in [3.05, 3.63) is 29.8 Å². The zero-order valence-corrected chi connectivity index (χ0v) is 8.52. The van der Waals surface area contributed by atoms with E-state index in [-0.39, 0.29) is 10.7 Å². The fourth-order valence-electron chi connectivity index (χ4n) is 0.876. The minimum Gasteiger partial charge on any atom is -0.302 e. The largest absolute Gasteiger partial charge is 0.302 e. The molecule has 0 aliphatic carbocycles. The summed E-state index contributed by atoms with van der Waals surface area (Å²) < 4.78 is 20.0. The van der Waals surface area contributed by atoms with Crippen molar-refractivity contribution in [2.45, 2.75) is 11.8 Å². The molecule has 1 rings (SSSR count). The molecule has 0 heterocycles. The number of ketones is 1. The second kappa shape index (κ2) is 3.53. The quantitative estimate of drug-likeness (QED) is 0.760. The van der Waals surface area contributed by atoms with Gasteiger partial charge >= 0.3 is 0 Å². The first-order valence-corrected chi connectivity index (χ1v) is 5.94. The van der Waals surface area contributed by atoms with Crippen LogP contribution in [0.2, 0.25) is 0 Å². The Kier molecular flexibility index (Phi) is 2.80. The van der Waals surface area contributed by atoms with Gasteiger partial charge in [0.2, 0.25) is 0 Å². The molecule has 1 atom stereocenters. The highest BCUT2D eigenvalue weighted by molar-refractivity contribution is 8.29. The topological polar surface area (TPSA) is 54.4 Å². The highest BCUT2D eigenvalue weighted by atomic mass is 32.8. The van der Waals surface area contributed by atoms with Crippen LogP contribution in [0.4, 0.5) is 0 Å². The third kappa shape index (κ3) is 2.58. The number of carbonyl (C=O) groups is 1. The second-order valence-electron chi connectivity index (χ2n) is 2.56. The molecule has 5 heteroatoms. The van der Waals surface area contributed by atoms with E-state index in [2.05, 4.69) is 11.2 Å². The van der Waals surface area contributed by atoms with Crippen molar-refractivity contribution in [3.63, 3.8) is 0 Å². The van der Waals surface area contributed by atoms with Gasteiger partial charge in [-0.3, -0.25) is 4.79 Å². The van der Waals surface area contributed by atoms with Crippen molar-refractivity contribution in [2.75, 3.05) is 0 Å². The standard InChI is InChI=1S/C8H8O3S2/c1-6(9)7-3-2-4-8(5-7)13(10,11)12/h2-5H,1H3,(H,10,11,12). The number of hydrogen-bond donors (Lipinski definition) is 1. The molecule has 1 aromatic rings. The molecule has 0 fully saturated rings. The normalized spacial score (nSPS) is 14.9. The molecule has 0 spiro atoms. The fraction of sp³-hybridized carbons (Fsp3) is 0.125. The number of benzene rings is 1. The monoisotopic (exact) mass is 216 g/mol. The van der Waals surface area contributed by atoms with Gasteiger partial charge in [-0.05, 0) is 19.1 Å². The van der Waals surface area contributed by atoms with Crippen LogP contribution >= 0.6 is 0 Å². The minimum absolute atomic E-state index is 0.107. The van der Waals surface area contributed by atoms with Crippen LogP contribution in [0.3, 0.4) is 0 Å². The minimum atomic E-state index is -3.38. The first-order valence-electron chi connectivity index (χ1n) is 3.50. The summed E-state index contributed by atoms with van der Waals surface area (Å²) >= 11 is 4.37. The van der Waals surface area contributed by atoms with Gasteiger partial charge < -0.3 is 4.55 Å². The SMILES string of the molecule is CC(=O)c1cccc(S(=O)(O)=S)c1. The van der Waals surface area contributed by atoms with Crippen LogP contribution in [0, 0.1) is 0 Å². The predicted molar refractivity (Wildman–Crippen MR) is 52.8 cm³/mol. The first-order chi connectivity index (χ1) is 5.91. The van der Waals surface area contributed by atoms with E-state index in [0.717, 1.165) is 0 Å². The Hall–Kier alpha value is -0.780. The van der Waals surface area contributed by atoms with Gasteiger partial charge in [-0.1, -0.05) is 12.1 Å². The van der Waals surface area contributed by atoms with E-state index in [4.69, 9.17) is 4.55 Å². The van der Waals surface area contributed by atoms with Gasteiger partial charge in [0.25, 0.3) is 0 Å². The Morgan fingerprint density at radius 1 is 1.54 bits per heavy atom. The Bertz CT molecular complexity index is 434. The lowest BCUT2D eigenvalue weighted by atomic mass is 10.2. The summed E-state index contributed by atoms with van der Waals surface area (Å²) in [6.07, 6.45) is 0. The van der Waals surface area contributed by atoms with Crippen LogP contribution < -0.4 is 0 Å². The van der Waals surface area contributed by atoms with Crippen molar-refractivity contribution < 1.29 is 13.6 Å². The zero-order valence-electron chi connectivity index (χ0n) is 6.89. The zero-order chi connectivity index (χ0) is 10.1. The highest BCUT2D eigenvalue weighted by Crippen LogP contribution is 2.11. The number of Topliss-reactive ketones (excluding diaryl/α,β-unsaturated/α-hetero) is 1. The molecule has 0 aliphatic heterocycles. The summed E-state index contributed by atoms with van der Waals surface area (Å²) in [5, 5.41) is 0. The van der Waals surface area contributed by atoms with Crippen LogP contribution in [0.25, 0.3) is 0 Å². The van der Waals surface area contributed by atoms with Crippen molar-refractivity contribution in [1.82, 2.24) is 0 Å². The molecule has 0 radical (unpaired) electrons. The summed E-state index contributed by atoms with van der Waals surface area (Å²) in [4.78, 5) is 11.0. The van der Waals surface area contributed by atoms with Crippen LogP contribution in [0.15, 0.2) is 29.2 Å². The summed E-state index contributed by atoms with van der Waals surface area (Å²) in [7, 11) is -3.38. The Morgan fingerprint density at radius 2 is 2.15 bits per heavy atom. The molecule has 0 amide bonds. The molecule has 0 aliphatic rings. The van der Waals surface area contributed by atoms with Gasteiger partial charge in [-0.15, -0.1) is 0 Å². The molecule has 13 heavy (non-hydrogen) atoms. The van der Waals surface area contributed by atoms with Gasteiger partial charge in [0.15, 0.2) is 14.6 Å². The second-order valence-corrected chi connectivity index (χ2v) is 5.34. The molecular weight excluding hydrogens is 208 g/mol. The molecule has 0 saturated carbocycles. The third-order valence-electron chi connectivity index (χ3n) is 1.54. The van der Waals surface area contributed by atoms with Crippen molar-refractivity contribution in [1.29, 1.82) is 0 Å². The maximum Gasteiger partial charge on any atom is 0.171 e. The van der Waals surface area contributed by atoms with E-state index in [9.17, 15) is 9.00 Å². The Morgan fingerprint density at radius 3 is 2.62 bits per heavy atom. The van der Waals surface area contributed by atoms with E-state index in [1.165, 1.54) is 25.1 Å². The van der Waals surface area contributed by atoms with E-state index in [1.54, 1.807) is 6.07 Å². The van der Waals surface area contributed by atoms with Crippen molar-refractivity contribution in [2.24, 2.45) is 0 Å². The van der Waals surface area contributed by atoms with Crippen LogP contribution in [0.1, 0.15) is 17.3 Å². The van der Waals surface area contributed by atoms with Crippen LogP contribution in [-0.4, -0.2) is 14.5 Å². The van der Waals surface area contributed by atoms with Gasteiger partial charge in [0.05, 0.1) is 4.90 Å². The smallest absolute Gasteiger partial charge is 0.171 e. The van der Waals surface area contributed by atoms with Crippen molar-refractivity contribution >= 4 is 25.7 Å².